The lowest BCUT2D eigenvalue weighted by Crippen LogP contribution is -2.55. The quantitative estimate of drug-likeness (QED) is 0.808. The molecule has 2 aromatic carbocycles. The molecule has 1 heterocycles. The first-order valence-electron chi connectivity index (χ1n) is 9.51. The Morgan fingerprint density at radius 1 is 1.00 bits per heavy atom. The van der Waals surface area contributed by atoms with E-state index in [1.165, 1.54) is 18.2 Å². The molecular weight excluding hydrogens is 378 g/mol. The van der Waals surface area contributed by atoms with E-state index in [2.05, 4.69) is 15.5 Å². The number of carbonyl (C=O) groups is 2. The third-order valence-corrected chi connectivity index (χ3v) is 4.90. The van der Waals surface area contributed by atoms with E-state index in [1.54, 1.807) is 42.2 Å². The van der Waals surface area contributed by atoms with Crippen molar-refractivity contribution >= 4 is 17.6 Å². The van der Waals surface area contributed by atoms with Gasteiger partial charge in [0.15, 0.2) is 0 Å². The SMILES string of the molecule is C[C@@H](NC(=O)N1CCN(c2ccc(F)cc2)CC1)C(=O)NCc1ccccc1F. The van der Waals surface area contributed by atoms with Gasteiger partial charge in [0.2, 0.25) is 5.91 Å². The Balaban J connectivity index is 1.44. The maximum atomic E-state index is 13.6. The van der Waals surface area contributed by atoms with Gasteiger partial charge < -0.3 is 20.4 Å². The smallest absolute Gasteiger partial charge is 0.318 e. The molecule has 0 saturated carbocycles. The molecule has 154 valence electrons. The number of halogens is 2. The minimum Gasteiger partial charge on any atom is -0.368 e. The molecule has 0 radical (unpaired) electrons. The third kappa shape index (κ3) is 5.43. The van der Waals surface area contributed by atoms with E-state index in [1.807, 2.05) is 0 Å². The molecule has 0 aromatic heterocycles. The molecule has 3 amide bonds. The molecule has 2 N–H and O–H groups in total. The number of carbonyl (C=O) groups excluding carboxylic acids is 2. The van der Waals surface area contributed by atoms with Crippen LogP contribution in [0.2, 0.25) is 0 Å². The van der Waals surface area contributed by atoms with E-state index in [0.717, 1.165) is 5.69 Å². The monoisotopic (exact) mass is 402 g/mol. The minimum atomic E-state index is -0.746. The second-order valence-electron chi connectivity index (χ2n) is 6.93. The Morgan fingerprint density at radius 3 is 2.31 bits per heavy atom. The molecule has 1 atom stereocenters. The summed E-state index contributed by atoms with van der Waals surface area (Å²) in [6.07, 6.45) is 0. The van der Waals surface area contributed by atoms with Crippen LogP contribution >= 0.6 is 0 Å². The first kappa shape index (κ1) is 20.6. The van der Waals surface area contributed by atoms with Gasteiger partial charge in [0.25, 0.3) is 0 Å². The number of nitrogens with one attached hydrogen (secondary N) is 2. The fourth-order valence-corrected chi connectivity index (χ4v) is 3.14. The fourth-order valence-electron chi connectivity index (χ4n) is 3.14. The van der Waals surface area contributed by atoms with Crippen LogP contribution in [0, 0.1) is 11.6 Å². The summed E-state index contributed by atoms with van der Waals surface area (Å²) in [6.45, 7) is 3.87. The van der Waals surface area contributed by atoms with Crippen molar-refractivity contribution in [2.24, 2.45) is 0 Å². The van der Waals surface area contributed by atoms with Gasteiger partial charge in [0.1, 0.15) is 17.7 Å². The van der Waals surface area contributed by atoms with Crippen LogP contribution in [0.15, 0.2) is 48.5 Å². The van der Waals surface area contributed by atoms with Gasteiger partial charge in [0, 0.05) is 44.0 Å². The molecule has 6 nitrogen and oxygen atoms in total. The van der Waals surface area contributed by atoms with Gasteiger partial charge in [-0.15, -0.1) is 0 Å². The first-order valence-corrected chi connectivity index (χ1v) is 9.51. The average molecular weight is 402 g/mol. The minimum absolute atomic E-state index is 0.0576. The summed E-state index contributed by atoms with van der Waals surface area (Å²) in [7, 11) is 0. The van der Waals surface area contributed by atoms with Crippen molar-refractivity contribution in [3.05, 3.63) is 65.7 Å². The van der Waals surface area contributed by atoms with Crippen molar-refractivity contribution in [3.8, 4) is 0 Å². The van der Waals surface area contributed by atoms with Crippen LogP contribution in [-0.2, 0) is 11.3 Å². The van der Waals surface area contributed by atoms with E-state index >= 15 is 0 Å². The Labute approximate surface area is 168 Å². The van der Waals surface area contributed by atoms with Gasteiger partial charge >= 0.3 is 6.03 Å². The third-order valence-electron chi connectivity index (χ3n) is 4.90. The van der Waals surface area contributed by atoms with Crippen molar-refractivity contribution in [1.29, 1.82) is 0 Å². The molecule has 2 aromatic rings. The number of benzene rings is 2. The number of hydrogen-bond donors (Lipinski definition) is 2. The number of rotatable bonds is 5. The Morgan fingerprint density at radius 2 is 1.66 bits per heavy atom. The number of amides is 3. The molecule has 0 spiro atoms. The van der Waals surface area contributed by atoms with Crippen molar-refractivity contribution in [2.75, 3.05) is 31.1 Å². The average Bonchev–Trinajstić information content (AvgIpc) is 2.73. The highest BCUT2D eigenvalue weighted by atomic mass is 19.1. The lowest BCUT2D eigenvalue weighted by atomic mass is 10.2. The molecule has 8 heteroatoms. The van der Waals surface area contributed by atoms with Crippen molar-refractivity contribution in [2.45, 2.75) is 19.5 Å². The molecule has 0 unspecified atom stereocenters. The van der Waals surface area contributed by atoms with E-state index in [4.69, 9.17) is 0 Å². The summed E-state index contributed by atoms with van der Waals surface area (Å²) in [5.41, 5.74) is 1.30. The highest BCUT2D eigenvalue weighted by molar-refractivity contribution is 5.86. The van der Waals surface area contributed by atoms with Crippen LogP contribution in [0.5, 0.6) is 0 Å². The zero-order valence-electron chi connectivity index (χ0n) is 16.2. The van der Waals surface area contributed by atoms with Crippen LogP contribution in [-0.4, -0.2) is 49.1 Å². The molecule has 1 fully saturated rings. The van der Waals surface area contributed by atoms with Gasteiger partial charge in [-0.25, -0.2) is 13.6 Å². The van der Waals surface area contributed by atoms with Crippen LogP contribution in [0.3, 0.4) is 0 Å². The van der Waals surface area contributed by atoms with Crippen LogP contribution < -0.4 is 15.5 Å². The molecule has 1 aliphatic rings. The van der Waals surface area contributed by atoms with E-state index < -0.39 is 6.04 Å². The molecule has 0 aliphatic carbocycles. The van der Waals surface area contributed by atoms with Crippen molar-refractivity contribution < 1.29 is 18.4 Å². The fraction of sp³-hybridized carbons (Fsp3) is 0.333. The number of piperazine rings is 1. The summed E-state index contributed by atoms with van der Waals surface area (Å²) in [6, 6.07) is 11.4. The lowest BCUT2D eigenvalue weighted by Gasteiger charge is -2.36. The molecule has 3 rings (SSSR count). The maximum absolute atomic E-state index is 13.6. The predicted octanol–water partition coefficient (Wildman–Crippen LogP) is 2.50. The van der Waals surface area contributed by atoms with Crippen LogP contribution in [0.25, 0.3) is 0 Å². The largest absolute Gasteiger partial charge is 0.368 e. The van der Waals surface area contributed by atoms with E-state index in [0.29, 0.717) is 31.7 Å². The van der Waals surface area contributed by atoms with Gasteiger partial charge in [0.05, 0.1) is 0 Å². The number of urea groups is 1. The van der Waals surface area contributed by atoms with Gasteiger partial charge in [-0.3, -0.25) is 4.79 Å². The molecular formula is C21H24F2N4O2. The molecule has 29 heavy (non-hydrogen) atoms. The summed E-state index contributed by atoms with van der Waals surface area (Å²) >= 11 is 0. The Kier molecular flexibility index (Phi) is 6.64. The Bertz CT molecular complexity index is 852. The Hall–Kier alpha value is -3.16. The molecule has 0 bridgehead atoms. The maximum Gasteiger partial charge on any atom is 0.318 e. The summed E-state index contributed by atoms with van der Waals surface area (Å²) in [5, 5.41) is 5.31. The van der Waals surface area contributed by atoms with E-state index in [-0.39, 0.29) is 30.1 Å². The van der Waals surface area contributed by atoms with E-state index in [9.17, 15) is 18.4 Å². The van der Waals surface area contributed by atoms with Gasteiger partial charge in [-0.2, -0.15) is 0 Å². The van der Waals surface area contributed by atoms with Crippen LogP contribution in [0.1, 0.15) is 12.5 Å². The second-order valence-corrected chi connectivity index (χ2v) is 6.93. The molecule has 1 saturated heterocycles. The van der Waals surface area contributed by atoms with Crippen LogP contribution in [0.4, 0.5) is 19.3 Å². The first-order chi connectivity index (χ1) is 13.9. The van der Waals surface area contributed by atoms with Crippen molar-refractivity contribution in [3.63, 3.8) is 0 Å². The number of hydrogen-bond acceptors (Lipinski definition) is 3. The highest BCUT2D eigenvalue weighted by Crippen LogP contribution is 2.17. The zero-order valence-corrected chi connectivity index (χ0v) is 16.2. The normalized spacial score (nSPS) is 15.0. The predicted molar refractivity (Wildman–Crippen MR) is 106 cm³/mol. The summed E-state index contributed by atoms with van der Waals surface area (Å²) < 4.78 is 26.7. The van der Waals surface area contributed by atoms with Crippen molar-refractivity contribution in [1.82, 2.24) is 15.5 Å². The number of nitrogens with zero attached hydrogens (tertiary/aromatic N) is 2. The molecule has 1 aliphatic heterocycles. The van der Waals surface area contributed by atoms with Gasteiger partial charge in [-0.05, 0) is 37.3 Å². The topological polar surface area (TPSA) is 64.7 Å². The lowest BCUT2D eigenvalue weighted by molar-refractivity contribution is -0.122. The standard InChI is InChI=1S/C21H24F2N4O2/c1-15(20(28)24-14-16-4-2-3-5-19(16)23)25-21(29)27-12-10-26(11-13-27)18-8-6-17(22)7-9-18/h2-9,15H,10-14H2,1H3,(H,24,28)(H,25,29)/t15-/m1/s1. The zero-order chi connectivity index (χ0) is 20.8. The summed E-state index contributed by atoms with van der Waals surface area (Å²) in [4.78, 5) is 28.4. The second kappa shape index (κ2) is 9.36. The van der Waals surface area contributed by atoms with Gasteiger partial charge in [-0.1, -0.05) is 18.2 Å². The highest BCUT2D eigenvalue weighted by Gasteiger charge is 2.24. The summed E-state index contributed by atoms with van der Waals surface area (Å²) in [5.74, 6) is -1.05. The number of anilines is 1.